The third-order valence-electron chi connectivity index (χ3n) is 3.44. The van der Waals surface area contributed by atoms with Gasteiger partial charge in [-0.15, -0.1) is 11.8 Å². The molecule has 0 unspecified atom stereocenters. The molecule has 0 aliphatic carbocycles. The van der Waals surface area contributed by atoms with Gasteiger partial charge in [0.25, 0.3) is 5.69 Å². The van der Waals surface area contributed by atoms with Crippen LogP contribution in [0.1, 0.15) is 12.8 Å². The smallest absolute Gasteiger partial charge is 0.303 e. The van der Waals surface area contributed by atoms with Crippen LogP contribution in [-0.4, -0.2) is 33.6 Å². The maximum absolute atomic E-state index is 12.0. The molecule has 0 atom stereocenters. The van der Waals surface area contributed by atoms with E-state index in [1.807, 2.05) is 0 Å². The molecule has 2 aromatic carbocycles. The van der Waals surface area contributed by atoms with Gasteiger partial charge in [0, 0.05) is 34.8 Å². The van der Waals surface area contributed by atoms with E-state index in [4.69, 9.17) is 5.11 Å². The lowest BCUT2D eigenvalue weighted by Crippen LogP contribution is -2.14. The number of amides is 2. The van der Waals surface area contributed by atoms with Crippen LogP contribution in [0.2, 0.25) is 0 Å². The zero-order valence-corrected chi connectivity index (χ0v) is 15.4. The highest BCUT2D eigenvalue weighted by Crippen LogP contribution is 2.21. The third kappa shape index (κ3) is 7.08. The van der Waals surface area contributed by atoms with Gasteiger partial charge in [-0.1, -0.05) is 0 Å². The first kappa shape index (κ1) is 20.9. The molecule has 0 radical (unpaired) electrons. The van der Waals surface area contributed by atoms with Crippen LogP contribution in [0.25, 0.3) is 0 Å². The van der Waals surface area contributed by atoms with Gasteiger partial charge >= 0.3 is 5.97 Å². The maximum Gasteiger partial charge on any atom is 0.303 e. The molecule has 10 heteroatoms. The molecular weight excluding hydrogens is 386 g/mol. The Hall–Kier alpha value is -3.40. The van der Waals surface area contributed by atoms with Crippen molar-refractivity contribution in [3.8, 4) is 0 Å². The number of anilines is 2. The molecular formula is C18H17N3O6S. The van der Waals surface area contributed by atoms with Gasteiger partial charge in [0.1, 0.15) is 0 Å². The van der Waals surface area contributed by atoms with Gasteiger partial charge in [-0.3, -0.25) is 24.5 Å². The second-order valence-corrected chi connectivity index (χ2v) is 6.66. The summed E-state index contributed by atoms with van der Waals surface area (Å²) < 4.78 is 0. The molecule has 0 saturated heterocycles. The van der Waals surface area contributed by atoms with Crippen molar-refractivity contribution in [2.24, 2.45) is 0 Å². The molecule has 9 nitrogen and oxygen atoms in total. The predicted molar refractivity (Wildman–Crippen MR) is 104 cm³/mol. The highest BCUT2D eigenvalue weighted by atomic mass is 32.2. The number of benzene rings is 2. The number of aliphatic carboxylic acids is 1. The summed E-state index contributed by atoms with van der Waals surface area (Å²) in [4.78, 5) is 44.9. The SMILES string of the molecule is O=C(O)CCC(=O)Nc1ccc(SCC(=O)Nc2ccc([N+](=O)[O-])cc2)cc1. The molecule has 0 heterocycles. The fraction of sp³-hybridized carbons (Fsp3) is 0.167. The average molecular weight is 403 g/mol. The van der Waals surface area contributed by atoms with E-state index in [1.165, 1.54) is 36.0 Å². The molecule has 0 aromatic heterocycles. The molecule has 0 fully saturated rings. The van der Waals surface area contributed by atoms with Crippen molar-refractivity contribution in [1.82, 2.24) is 0 Å². The molecule has 0 aliphatic heterocycles. The quantitative estimate of drug-likeness (QED) is 0.332. The van der Waals surface area contributed by atoms with Gasteiger partial charge in [0.15, 0.2) is 0 Å². The van der Waals surface area contributed by atoms with Gasteiger partial charge in [-0.2, -0.15) is 0 Å². The lowest BCUT2D eigenvalue weighted by Gasteiger charge is -2.07. The highest BCUT2D eigenvalue weighted by molar-refractivity contribution is 8.00. The second-order valence-electron chi connectivity index (χ2n) is 5.61. The second kappa shape index (κ2) is 10.1. The van der Waals surface area contributed by atoms with Crippen LogP contribution in [0.15, 0.2) is 53.4 Å². The van der Waals surface area contributed by atoms with Gasteiger partial charge in [0.2, 0.25) is 11.8 Å². The molecule has 2 aromatic rings. The van der Waals surface area contributed by atoms with E-state index in [2.05, 4.69) is 10.6 Å². The molecule has 2 rings (SSSR count). The summed E-state index contributed by atoms with van der Waals surface area (Å²) in [5.74, 6) is -1.54. The summed E-state index contributed by atoms with van der Waals surface area (Å²) in [7, 11) is 0. The molecule has 0 bridgehead atoms. The van der Waals surface area contributed by atoms with Gasteiger partial charge in [0.05, 0.1) is 17.1 Å². The molecule has 0 aliphatic rings. The molecule has 2 amide bonds. The normalized spacial score (nSPS) is 10.1. The van der Waals surface area contributed by atoms with E-state index >= 15 is 0 Å². The predicted octanol–water partition coefficient (Wildman–Crippen LogP) is 3.13. The largest absolute Gasteiger partial charge is 0.481 e. The van der Waals surface area contributed by atoms with E-state index in [9.17, 15) is 24.5 Å². The lowest BCUT2D eigenvalue weighted by atomic mass is 10.2. The number of hydrogen-bond acceptors (Lipinski definition) is 6. The molecule has 28 heavy (non-hydrogen) atoms. The number of hydrogen-bond donors (Lipinski definition) is 3. The monoisotopic (exact) mass is 403 g/mol. The number of nitrogens with zero attached hydrogens (tertiary/aromatic N) is 1. The number of nitro benzene ring substituents is 1. The van der Waals surface area contributed by atoms with Crippen LogP contribution in [0, 0.1) is 10.1 Å². The first-order valence-corrected chi connectivity index (χ1v) is 9.11. The van der Waals surface area contributed by atoms with Crippen molar-refractivity contribution in [3.63, 3.8) is 0 Å². The Morgan fingerprint density at radius 2 is 1.43 bits per heavy atom. The number of carboxylic acids is 1. The Bertz CT molecular complexity index is 868. The van der Waals surface area contributed by atoms with Crippen LogP contribution in [0.3, 0.4) is 0 Å². The van der Waals surface area contributed by atoms with Crippen LogP contribution in [0.4, 0.5) is 17.1 Å². The Balaban J connectivity index is 1.79. The van der Waals surface area contributed by atoms with Crippen molar-refractivity contribution in [2.75, 3.05) is 16.4 Å². The van der Waals surface area contributed by atoms with E-state index in [0.29, 0.717) is 11.4 Å². The first-order valence-electron chi connectivity index (χ1n) is 8.12. The number of carboxylic acid groups (broad SMARTS) is 1. The minimum absolute atomic E-state index is 0.0532. The molecule has 146 valence electrons. The summed E-state index contributed by atoms with van der Waals surface area (Å²) >= 11 is 1.29. The third-order valence-corrected chi connectivity index (χ3v) is 4.45. The van der Waals surface area contributed by atoms with E-state index in [0.717, 1.165) is 4.90 Å². The standard InChI is InChI=1S/C18H17N3O6S/c22-16(9-10-18(24)25)19-13-3-7-15(8-4-13)28-11-17(23)20-12-1-5-14(6-2-12)21(26)27/h1-8H,9-11H2,(H,19,22)(H,20,23)(H,24,25). The van der Waals surface area contributed by atoms with Crippen LogP contribution >= 0.6 is 11.8 Å². The fourth-order valence-electron chi connectivity index (χ4n) is 2.09. The number of non-ortho nitro benzene ring substituents is 1. The maximum atomic E-state index is 12.0. The summed E-state index contributed by atoms with van der Waals surface area (Å²) in [5.41, 5.74) is 0.952. The van der Waals surface area contributed by atoms with Gasteiger partial charge in [-0.25, -0.2) is 0 Å². The zero-order chi connectivity index (χ0) is 20.5. The van der Waals surface area contributed by atoms with E-state index < -0.39 is 10.9 Å². The van der Waals surface area contributed by atoms with Crippen molar-refractivity contribution in [3.05, 3.63) is 58.6 Å². The van der Waals surface area contributed by atoms with Crippen molar-refractivity contribution in [2.45, 2.75) is 17.7 Å². The van der Waals surface area contributed by atoms with Crippen molar-refractivity contribution >= 4 is 46.6 Å². The number of nitrogens with one attached hydrogen (secondary N) is 2. The number of nitro groups is 1. The van der Waals surface area contributed by atoms with Gasteiger partial charge in [-0.05, 0) is 36.4 Å². The minimum Gasteiger partial charge on any atom is -0.481 e. The number of rotatable bonds is 9. The molecule has 0 spiro atoms. The summed E-state index contributed by atoms with van der Waals surface area (Å²) in [6, 6.07) is 12.3. The number of carbonyl (C=O) groups is 3. The average Bonchev–Trinajstić information content (AvgIpc) is 2.66. The van der Waals surface area contributed by atoms with E-state index in [1.54, 1.807) is 24.3 Å². The van der Waals surface area contributed by atoms with Crippen molar-refractivity contribution < 1.29 is 24.4 Å². The Morgan fingerprint density at radius 3 is 1.96 bits per heavy atom. The molecule has 0 saturated carbocycles. The number of carbonyl (C=O) groups excluding carboxylic acids is 2. The number of thioether (sulfide) groups is 1. The topological polar surface area (TPSA) is 139 Å². The summed E-state index contributed by atoms with van der Waals surface area (Å²) in [5, 5.41) is 24.4. The van der Waals surface area contributed by atoms with Crippen molar-refractivity contribution in [1.29, 1.82) is 0 Å². The first-order chi connectivity index (χ1) is 13.3. The highest BCUT2D eigenvalue weighted by Gasteiger charge is 2.08. The molecule has 3 N–H and O–H groups in total. The summed E-state index contributed by atoms with van der Waals surface area (Å²) in [6.45, 7) is 0. The van der Waals surface area contributed by atoms with Crippen LogP contribution < -0.4 is 10.6 Å². The summed E-state index contributed by atoms with van der Waals surface area (Å²) in [6.07, 6.45) is -0.335. The Labute approximate surface area is 164 Å². The van der Waals surface area contributed by atoms with Crippen LogP contribution in [-0.2, 0) is 14.4 Å². The fourth-order valence-corrected chi connectivity index (χ4v) is 2.79. The zero-order valence-electron chi connectivity index (χ0n) is 14.6. The van der Waals surface area contributed by atoms with Gasteiger partial charge < -0.3 is 15.7 Å². The lowest BCUT2D eigenvalue weighted by molar-refractivity contribution is -0.384. The Kier molecular flexibility index (Phi) is 7.52. The van der Waals surface area contributed by atoms with Crippen LogP contribution in [0.5, 0.6) is 0 Å². The Morgan fingerprint density at radius 1 is 0.893 bits per heavy atom. The minimum atomic E-state index is -1.03. The van der Waals surface area contributed by atoms with E-state index in [-0.39, 0.29) is 36.1 Å².